The summed E-state index contributed by atoms with van der Waals surface area (Å²) < 4.78 is 1.83. The second-order valence-electron chi connectivity index (χ2n) is 8.49. The van der Waals surface area contributed by atoms with Crippen LogP contribution in [0.15, 0.2) is 36.5 Å². The minimum atomic E-state index is -0.284. The highest BCUT2D eigenvalue weighted by molar-refractivity contribution is 7.12. The molecule has 0 saturated heterocycles. The second-order valence-corrected chi connectivity index (χ2v) is 9.95. The molecule has 2 N–H and O–H groups in total. The smallest absolute Gasteiger partial charge is 0.256 e. The lowest BCUT2D eigenvalue weighted by Gasteiger charge is -2.14. The van der Waals surface area contributed by atoms with Gasteiger partial charge in [-0.25, -0.2) is 9.67 Å². The minimum absolute atomic E-state index is 0.0922. The normalized spacial score (nSPS) is 11.2. The highest BCUT2D eigenvalue weighted by Gasteiger charge is 2.21. The Morgan fingerprint density at radius 3 is 2.42 bits per heavy atom. The lowest BCUT2D eigenvalue weighted by molar-refractivity contribution is -0.114. The number of thiophene rings is 1. The van der Waals surface area contributed by atoms with E-state index >= 15 is 0 Å². The van der Waals surface area contributed by atoms with Gasteiger partial charge in [0.15, 0.2) is 5.65 Å². The number of anilines is 2. The molecule has 3 aromatic heterocycles. The van der Waals surface area contributed by atoms with Crippen molar-refractivity contribution in [2.24, 2.45) is 0 Å². The van der Waals surface area contributed by atoms with Crippen LogP contribution in [0.3, 0.4) is 0 Å². The molecule has 7 nitrogen and oxygen atoms in total. The highest BCUT2D eigenvalue weighted by Crippen LogP contribution is 2.33. The number of fused-ring (bicyclic) bond motifs is 1. The van der Waals surface area contributed by atoms with Crippen molar-refractivity contribution in [3.63, 3.8) is 0 Å². The molecule has 0 aliphatic heterocycles. The van der Waals surface area contributed by atoms with Crippen LogP contribution in [-0.2, 0) is 4.79 Å². The zero-order chi connectivity index (χ0) is 23.9. The maximum Gasteiger partial charge on any atom is 0.256 e. The van der Waals surface area contributed by atoms with Crippen LogP contribution in [0, 0.1) is 20.8 Å². The van der Waals surface area contributed by atoms with Crippen molar-refractivity contribution in [3.8, 4) is 11.3 Å². The van der Waals surface area contributed by atoms with Crippen LogP contribution in [0.1, 0.15) is 52.5 Å². The number of aromatic nitrogens is 3. The number of carbonyl (C=O) groups is 2. The van der Waals surface area contributed by atoms with Crippen molar-refractivity contribution >= 4 is 45.6 Å². The summed E-state index contributed by atoms with van der Waals surface area (Å²) in [4.78, 5) is 32.4. The van der Waals surface area contributed by atoms with E-state index in [1.807, 2.05) is 43.7 Å². The Hall–Kier alpha value is -3.52. The van der Waals surface area contributed by atoms with E-state index in [0.717, 1.165) is 21.7 Å². The first-order valence-electron chi connectivity index (χ1n) is 10.8. The Labute approximate surface area is 196 Å². The van der Waals surface area contributed by atoms with Crippen molar-refractivity contribution < 1.29 is 9.59 Å². The molecule has 1 aromatic carbocycles. The molecule has 8 heteroatoms. The summed E-state index contributed by atoms with van der Waals surface area (Å²) in [6, 6.07) is 9.53. The monoisotopic (exact) mass is 461 g/mol. The predicted molar refractivity (Wildman–Crippen MR) is 134 cm³/mol. The van der Waals surface area contributed by atoms with E-state index in [0.29, 0.717) is 28.0 Å². The van der Waals surface area contributed by atoms with Gasteiger partial charge in [0, 0.05) is 28.3 Å². The summed E-state index contributed by atoms with van der Waals surface area (Å²) in [6.07, 6.45) is 1.69. The molecule has 33 heavy (non-hydrogen) atoms. The number of amides is 2. The number of nitrogens with one attached hydrogen (secondary N) is 2. The lowest BCUT2D eigenvalue weighted by Crippen LogP contribution is -2.16. The minimum Gasteiger partial charge on any atom is -0.325 e. The molecule has 0 unspecified atom stereocenters. The zero-order valence-electron chi connectivity index (χ0n) is 19.6. The number of hydrogen-bond donors (Lipinski definition) is 2. The number of benzene rings is 1. The molecule has 0 saturated carbocycles. The lowest BCUT2D eigenvalue weighted by atomic mass is 10.1. The van der Waals surface area contributed by atoms with Crippen molar-refractivity contribution in [2.75, 3.05) is 10.6 Å². The highest BCUT2D eigenvalue weighted by atomic mass is 32.1. The third-order valence-corrected chi connectivity index (χ3v) is 6.32. The molecule has 0 bridgehead atoms. The number of rotatable bonds is 5. The second kappa shape index (κ2) is 8.78. The first-order valence-corrected chi connectivity index (χ1v) is 11.6. The first-order chi connectivity index (χ1) is 15.6. The first kappa shape index (κ1) is 22.7. The van der Waals surface area contributed by atoms with Crippen molar-refractivity contribution in [3.05, 3.63) is 57.4 Å². The van der Waals surface area contributed by atoms with Crippen LogP contribution in [0.25, 0.3) is 22.3 Å². The van der Waals surface area contributed by atoms with Gasteiger partial charge in [-0.15, -0.1) is 11.3 Å². The fourth-order valence-corrected chi connectivity index (χ4v) is 4.79. The van der Waals surface area contributed by atoms with E-state index in [1.54, 1.807) is 23.6 Å². The molecule has 3 heterocycles. The Morgan fingerprint density at radius 2 is 1.79 bits per heavy atom. The van der Waals surface area contributed by atoms with Gasteiger partial charge in [-0.05, 0) is 64.4 Å². The molecule has 4 aromatic rings. The average Bonchev–Trinajstić information content (AvgIpc) is 3.31. The summed E-state index contributed by atoms with van der Waals surface area (Å²) in [5.74, 6) is -0.488. The largest absolute Gasteiger partial charge is 0.325 e. The summed E-state index contributed by atoms with van der Waals surface area (Å²) in [5, 5.41) is 10.9. The number of pyridine rings is 1. The molecular weight excluding hydrogens is 434 g/mol. The van der Waals surface area contributed by atoms with Gasteiger partial charge in [0.05, 0.1) is 34.2 Å². The SMILES string of the molecule is CC(=O)Nc1ccc(C)cc1NC(=O)c1cc(-c2cc(C)sc2C)nc2c1cnn2C(C)C. The third kappa shape index (κ3) is 4.52. The molecule has 2 amide bonds. The Bertz CT molecular complexity index is 1380. The predicted octanol–water partition coefficient (Wildman–Crippen LogP) is 5.88. The summed E-state index contributed by atoms with van der Waals surface area (Å²) in [7, 11) is 0. The molecule has 4 rings (SSSR count). The van der Waals surface area contributed by atoms with Gasteiger partial charge in [0.25, 0.3) is 5.91 Å². The molecule has 0 aliphatic rings. The van der Waals surface area contributed by atoms with E-state index in [9.17, 15) is 9.59 Å². The van der Waals surface area contributed by atoms with Gasteiger partial charge in [-0.1, -0.05) is 6.07 Å². The molecule has 0 fully saturated rings. The molecule has 0 aliphatic carbocycles. The van der Waals surface area contributed by atoms with Crippen LogP contribution in [-0.4, -0.2) is 26.6 Å². The number of carbonyl (C=O) groups excluding carboxylic acids is 2. The Balaban J connectivity index is 1.85. The van der Waals surface area contributed by atoms with E-state index in [4.69, 9.17) is 4.98 Å². The van der Waals surface area contributed by atoms with Gasteiger partial charge < -0.3 is 10.6 Å². The van der Waals surface area contributed by atoms with E-state index in [-0.39, 0.29) is 17.9 Å². The molecular formula is C25H27N5O2S. The zero-order valence-corrected chi connectivity index (χ0v) is 20.4. The van der Waals surface area contributed by atoms with Crippen molar-refractivity contribution in [2.45, 2.75) is 47.6 Å². The van der Waals surface area contributed by atoms with E-state index < -0.39 is 0 Å². The summed E-state index contributed by atoms with van der Waals surface area (Å²) in [5.41, 5.74) is 4.97. The number of aryl methyl sites for hydroxylation is 3. The number of hydrogen-bond acceptors (Lipinski definition) is 5. The van der Waals surface area contributed by atoms with Crippen molar-refractivity contribution in [1.82, 2.24) is 14.8 Å². The average molecular weight is 462 g/mol. The van der Waals surface area contributed by atoms with Crippen LogP contribution in [0.4, 0.5) is 11.4 Å². The fourth-order valence-electron chi connectivity index (χ4n) is 3.86. The van der Waals surface area contributed by atoms with Gasteiger partial charge in [-0.2, -0.15) is 5.10 Å². The maximum absolute atomic E-state index is 13.5. The van der Waals surface area contributed by atoms with E-state index in [2.05, 4.69) is 35.6 Å². The Kier molecular flexibility index (Phi) is 6.03. The standard InChI is InChI=1S/C25H27N5O2S/c1-13(2)30-24-20(12-26-30)19(11-22(28-24)18-10-15(4)33-16(18)5)25(32)29-23-9-14(3)7-8-21(23)27-17(6)31/h7-13H,1-6H3,(H,27,31)(H,29,32). The molecule has 0 atom stereocenters. The fraction of sp³-hybridized carbons (Fsp3) is 0.280. The van der Waals surface area contributed by atoms with Gasteiger partial charge in [0.1, 0.15) is 0 Å². The van der Waals surface area contributed by atoms with Crippen LogP contribution >= 0.6 is 11.3 Å². The van der Waals surface area contributed by atoms with Gasteiger partial charge >= 0.3 is 0 Å². The van der Waals surface area contributed by atoms with Crippen LogP contribution in [0.2, 0.25) is 0 Å². The maximum atomic E-state index is 13.5. The summed E-state index contributed by atoms with van der Waals surface area (Å²) >= 11 is 1.70. The Morgan fingerprint density at radius 1 is 1.03 bits per heavy atom. The topological polar surface area (TPSA) is 88.9 Å². The van der Waals surface area contributed by atoms with Crippen LogP contribution < -0.4 is 10.6 Å². The molecule has 0 radical (unpaired) electrons. The molecule has 0 spiro atoms. The van der Waals surface area contributed by atoms with Gasteiger partial charge in [0.2, 0.25) is 5.91 Å². The third-order valence-electron chi connectivity index (χ3n) is 5.35. The molecule has 170 valence electrons. The number of nitrogens with zero attached hydrogens (tertiary/aromatic N) is 3. The van der Waals surface area contributed by atoms with Crippen molar-refractivity contribution in [1.29, 1.82) is 0 Å². The summed E-state index contributed by atoms with van der Waals surface area (Å²) in [6.45, 7) is 11.6. The van der Waals surface area contributed by atoms with E-state index in [1.165, 1.54) is 11.8 Å². The quantitative estimate of drug-likeness (QED) is 0.389. The van der Waals surface area contributed by atoms with Crippen LogP contribution in [0.5, 0.6) is 0 Å². The van der Waals surface area contributed by atoms with Gasteiger partial charge in [-0.3, -0.25) is 9.59 Å².